The van der Waals surface area contributed by atoms with E-state index in [0.717, 1.165) is 11.1 Å². The second kappa shape index (κ2) is 7.62. The molecule has 0 saturated carbocycles. The van der Waals surface area contributed by atoms with Crippen molar-refractivity contribution in [2.24, 2.45) is 0 Å². The van der Waals surface area contributed by atoms with Gasteiger partial charge < -0.3 is 10.1 Å². The number of nitrogens with zero attached hydrogens (tertiary/aromatic N) is 1. The molecule has 126 valence electrons. The summed E-state index contributed by atoms with van der Waals surface area (Å²) >= 11 is 0. The van der Waals surface area contributed by atoms with Gasteiger partial charge in [-0.2, -0.15) is 0 Å². The molecule has 0 aliphatic carbocycles. The maximum atomic E-state index is 12.6. The van der Waals surface area contributed by atoms with Crippen LogP contribution in [0, 0.1) is 13.8 Å². The number of rotatable bonds is 5. The lowest BCUT2D eigenvalue weighted by molar-refractivity contribution is 0.102. The molecular weight excluding hydrogens is 312 g/mol. The minimum Gasteiger partial charge on any atom is -0.488 e. The van der Waals surface area contributed by atoms with Crippen LogP contribution in [0.4, 0.5) is 5.82 Å². The van der Waals surface area contributed by atoms with Gasteiger partial charge in [-0.1, -0.05) is 48.0 Å². The number of hydrogen-bond acceptors (Lipinski definition) is 3. The number of hydrogen-bond donors (Lipinski definition) is 1. The van der Waals surface area contributed by atoms with Gasteiger partial charge in [0.1, 0.15) is 18.2 Å². The maximum absolute atomic E-state index is 12.6. The van der Waals surface area contributed by atoms with Crippen molar-refractivity contribution in [3.05, 3.63) is 89.1 Å². The molecule has 1 aromatic heterocycles. The second-order valence-corrected chi connectivity index (χ2v) is 5.95. The molecule has 25 heavy (non-hydrogen) atoms. The number of carbonyl (C=O) groups is 1. The third-order valence-electron chi connectivity index (χ3n) is 3.76. The fourth-order valence-corrected chi connectivity index (χ4v) is 2.47. The smallest absolute Gasteiger partial charge is 0.260 e. The molecule has 2 aromatic carbocycles. The molecule has 1 amide bonds. The maximum Gasteiger partial charge on any atom is 0.260 e. The van der Waals surface area contributed by atoms with Gasteiger partial charge >= 0.3 is 0 Å². The molecule has 4 nitrogen and oxygen atoms in total. The van der Waals surface area contributed by atoms with Crippen LogP contribution in [-0.2, 0) is 6.61 Å². The summed E-state index contributed by atoms with van der Waals surface area (Å²) in [4.78, 5) is 16.8. The second-order valence-electron chi connectivity index (χ2n) is 5.95. The summed E-state index contributed by atoms with van der Waals surface area (Å²) in [7, 11) is 0. The van der Waals surface area contributed by atoms with E-state index in [4.69, 9.17) is 4.74 Å². The lowest BCUT2D eigenvalue weighted by Gasteiger charge is -2.12. The van der Waals surface area contributed by atoms with Gasteiger partial charge in [0.25, 0.3) is 5.91 Å². The van der Waals surface area contributed by atoms with Crippen LogP contribution in [0.25, 0.3) is 0 Å². The summed E-state index contributed by atoms with van der Waals surface area (Å²) in [6.45, 7) is 4.40. The number of aromatic nitrogens is 1. The van der Waals surface area contributed by atoms with E-state index in [2.05, 4.69) is 16.4 Å². The number of amides is 1. The monoisotopic (exact) mass is 332 g/mol. The molecule has 3 rings (SSSR count). The molecule has 0 aliphatic rings. The molecule has 0 atom stereocenters. The first-order chi connectivity index (χ1) is 12.1. The van der Waals surface area contributed by atoms with Crippen molar-refractivity contribution in [3.63, 3.8) is 0 Å². The van der Waals surface area contributed by atoms with Crippen molar-refractivity contribution in [1.29, 1.82) is 0 Å². The van der Waals surface area contributed by atoms with Gasteiger partial charge in [-0.3, -0.25) is 4.79 Å². The van der Waals surface area contributed by atoms with Crippen LogP contribution < -0.4 is 10.1 Å². The van der Waals surface area contributed by atoms with Crippen LogP contribution in [0.3, 0.4) is 0 Å². The molecule has 0 aliphatic heterocycles. The Morgan fingerprint density at radius 3 is 2.60 bits per heavy atom. The zero-order chi connectivity index (χ0) is 17.6. The van der Waals surface area contributed by atoms with Gasteiger partial charge in [0.2, 0.25) is 0 Å². The molecule has 0 saturated heterocycles. The summed E-state index contributed by atoms with van der Waals surface area (Å²) < 4.78 is 5.87. The van der Waals surface area contributed by atoms with Crippen molar-refractivity contribution in [2.45, 2.75) is 20.5 Å². The van der Waals surface area contributed by atoms with E-state index in [1.165, 1.54) is 5.56 Å². The number of benzene rings is 2. The zero-order valence-corrected chi connectivity index (χ0v) is 14.3. The van der Waals surface area contributed by atoms with Crippen molar-refractivity contribution < 1.29 is 9.53 Å². The molecule has 3 aromatic rings. The van der Waals surface area contributed by atoms with Crippen LogP contribution in [0.15, 0.2) is 66.9 Å². The van der Waals surface area contributed by atoms with Crippen LogP contribution in [0.1, 0.15) is 27.0 Å². The van der Waals surface area contributed by atoms with Crippen molar-refractivity contribution in [1.82, 2.24) is 4.98 Å². The molecule has 0 spiro atoms. The molecule has 1 N–H and O–H groups in total. The van der Waals surface area contributed by atoms with Gasteiger partial charge in [0.05, 0.1) is 5.56 Å². The van der Waals surface area contributed by atoms with E-state index < -0.39 is 0 Å². The lowest BCUT2D eigenvalue weighted by atomic mass is 10.1. The van der Waals surface area contributed by atoms with Crippen molar-refractivity contribution in [2.75, 3.05) is 5.32 Å². The first-order valence-corrected chi connectivity index (χ1v) is 8.13. The number of anilines is 1. The number of para-hydroxylation sites is 1. The molecule has 4 heteroatoms. The van der Waals surface area contributed by atoms with E-state index in [1.54, 1.807) is 24.4 Å². The Kier molecular flexibility index (Phi) is 5.09. The van der Waals surface area contributed by atoms with Gasteiger partial charge in [-0.05, 0) is 43.2 Å². The van der Waals surface area contributed by atoms with Crippen LogP contribution >= 0.6 is 0 Å². The topological polar surface area (TPSA) is 51.2 Å². The molecule has 0 fully saturated rings. The minimum absolute atomic E-state index is 0.240. The number of ether oxygens (including phenoxy) is 1. The van der Waals surface area contributed by atoms with E-state index in [0.29, 0.717) is 23.7 Å². The third kappa shape index (κ3) is 4.44. The summed E-state index contributed by atoms with van der Waals surface area (Å²) in [5.74, 6) is 0.828. The van der Waals surface area contributed by atoms with Gasteiger partial charge in [-0.15, -0.1) is 0 Å². The number of nitrogens with one attached hydrogen (secondary N) is 1. The highest BCUT2D eigenvalue weighted by Crippen LogP contribution is 2.21. The summed E-state index contributed by atoms with van der Waals surface area (Å²) in [6, 6.07) is 19.0. The largest absolute Gasteiger partial charge is 0.488 e. The van der Waals surface area contributed by atoms with Crippen LogP contribution in [0.5, 0.6) is 5.75 Å². The summed E-state index contributed by atoms with van der Waals surface area (Å²) in [6.07, 6.45) is 1.72. The van der Waals surface area contributed by atoms with E-state index in [1.807, 2.05) is 50.2 Å². The van der Waals surface area contributed by atoms with Crippen molar-refractivity contribution >= 4 is 11.7 Å². The van der Waals surface area contributed by atoms with E-state index >= 15 is 0 Å². The number of aryl methyl sites for hydroxylation is 2. The van der Waals surface area contributed by atoms with E-state index in [-0.39, 0.29) is 5.91 Å². The predicted molar refractivity (Wildman–Crippen MR) is 98.9 cm³/mol. The Morgan fingerprint density at radius 1 is 1.00 bits per heavy atom. The Bertz CT molecular complexity index is 873. The quantitative estimate of drug-likeness (QED) is 0.747. The average Bonchev–Trinajstić information content (AvgIpc) is 2.62. The van der Waals surface area contributed by atoms with Crippen molar-refractivity contribution in [3.8, 4) is 5.75 Å². The Morgan fingerprint density at radius 2 is 1.84 bits per heavy atom. The lowest BCUT2D eigenvalue weighted by Crippen LogP contribution is -2.14. The van der Waals surface area contributed by atoms with Gasteiger partial charge in [0.15, 0.2) is 0 Å². The predicted octanol–water partition coefficient (Wildman–Crippen LogP) is 4.53. The summed E-state index contributed by atoms with van der Waals surface area (Å²) in [5, 5.41) is 2.80. The first-order valence-electron chi connectivity index (χ1n) is 8.13. The first kappa shape index (κ1) is 16.7. The third-order valence-corrected chi connectivity index (χ3v) is 3.76. The Hall–Kier alpha value is -3.14. The normalized spacial score (nSPS) is 10.3. The van der Waals surface area contributed by atoms with Gasteiger partial charge in [-0.25, -0.2) is 4.98 Å². The van der Waals surface area contributed by atoms with Crippen LogP contribution in [0.2, 0.25) is 0 Å². The number of pyridine rings is 1. The minimum atomic E-state index is -0.240. The van der Waals surface area contributed by atoms with Crippen LogP contribution in [-0.4, -0.2) is 10.9 Å². The fraction of sp³-hybridized carbons (Fsp3) is 0.143. The highest BCUT2D eigenvalue weighted by atomic mass is 16.5. The SMILES string of the molecule is Cc1ccc(NC(=O)c2ccccc2OCc2cccc(C)c2)nc1. The summed E-state index contributed by atoms with van der Waals surface area (Å²) in [5.41, 5.74) is 3.77. The fourth-order valence-electron chi connectivity index (χ4n) is 2.47. The molecule has 0 radical (unpaired) electrons. The average molecular weight is 332 g/mol. The number of carbonyl (C=O) groups excluding carboxylic acids is 1. The Labute approximate surface area is 147 Å². The van der Waals surface area contributed by atoms with Gasteiger partial charge in [0, 0.05) is 6.20 Å². The highest BCUT2D eigenvalue weighted by Gasteiger charge is 2.13. The molecule has 1 heterocycles. The Balaban J connectivity index is 1.73. The molecule has 0 bridgehead atoms. The highest BCUT2D eigenvalue weighted by molar-refractivity contribution is 6.05. The van der Waals surface area contributed by atoms with E-state index in [9.17, 15) is 4.79 Å². The molecule has 0 unspecified atom stereocenters. The molecular formula is C21H20N2O2. The zero-order valence-electron chi connectivity index (χ0n) is 14.3. The standard InChI is InChI=1S/C21H20N2O2/c1-15-6-5-7-17(12-15)14-25-19-9-4-3-8-18(19)21(24)23-20-11-10-16(2)13-22-20/h3-13H,14H2,1-2H3,(H,22,23,24).